The molecule has 0 saturated carbocycles. The van der Waals surface area contributed by atoms with Gasteiger partial charge >= 0.3 is 0 Å². The molecule has 2 aromatic heterocycles. The standard InChI is InChI=1S/C19H25ClN8/c1-11(2)28-10-23-16-17(24-15-7-12(20)6-13(21)8-15)26-19(27-18(16)28)25-14-4-3-5-22-9-14/h6-8,10-11,14,22H,3-5,9,21H2,1-2H3,(H2,24,25,26,27)/t14-/m1/s1. The van der Waals surface area contributed by atoms with Gasteiger partial charge in [0.05, 0.1) is 6.33 Å². The van der Waals surface area contributed by atoms with Gasteiger partial charge in [-0.2, -0.15) is 9.97 Å². The number of nitrogens with one attached hydrogen (secondary N) is 3. The van der Waals surface area contributed by atoms with E-state index in [0.717, 1.165) is 37.3 Å². The predicted molar refractivity (Wildman–Crippen MR) is 114 cm³/mol. The number of hydrogen-bond acceptors (Lipinski definition) is 7. The third-order valence-electron chi connectivity index (χ3n) is 4.79. The van der Waals surface area contributed by atoms with Crippen molar-refractivity contribution < 1.29 is 0 Å². The van der Waals surface area contributed by atoms with Crippen molar-refractivity contribution >= 4 is 45.9 Å². The average Bonchev–Trinajstić information content (AvgIpc) is 3.06. The zero-order valence-electron chi connectivity index (χ0n) is 16.0. The van der Waals surface area contributed by atoms with Crippen LogP contribution >= 0.6 is 11.6 Å². The number of hydrogen-bond donors (Lipinski definition) is 4. The van der Waals surface area contributed by atoms with Crippen molar-refractivity contribution in [2.45, 2.75) is 38.8 Å². The van der Waals surface area contributed by atoms with Crippen molar-refractivity contribution in [3.63, 3.8) is 0 Å². The highest BCUT2D eigenvalue weighted by Gasteiger charge is 2.18. The first-order valence-electron chi connectivity index (χ1n) is 9.54. The van der Waals surface area contributed by atoms with E-state index in [1.807, 2.05) is 16.7 Å². The molecule has 4 rings (SSSR count). The summed E-state index contributed by atoms with van der Waals surface area (Å²) in [6, 6.07) is 5.87. The molecule has 28 heavy (non-hydrogen) atoms. The molecule has 1 aromatic carbocycles. The Bertz CT molecular complexity index is 957. The van der Waals surface area contributed by atoms with Gasteiger partial charge < -0.3 is 26.3 Å². The summed E-state index contributed by atoms with van der Waals surface area (Å²) in [5, 5.41) is 10.7. The average molecular weight is 401 g/mol. The van der Waals surface area contributed by atoms with Crippen molar-refractivity contribution in [1.82, 2.24) is 24.8 Å². The van der Waals surface area contributed by atoms with Gasteiger partial charge in [0.1, 0.15) is 0 Å². The van der Waals surface area contributed by atoms with Gasteiger partial charge in [-0.3, -0.25) is 0 Å². The molecule has 8 nitrogen and oxygen atoms in total. The van der Waals surface area contributed by atoms with E-state index >= 15 is 0 Å². The van der Waals surface area contributed by atoms with Gasteiger partial charge in [0.2, 0.25) is 5.95 Å². The van der Waals surface area contributed by atoms with Crippen molar-refractivity contribution in [3.8, 4) is 0 Å². The monoisotopic (exact) mass is 400 g/mol. The van der Waals surface area contributed by atoms with Gasteiger partial charge in [0, 0.05) is 35.0 Å². The van der Waals surface area contributed by atoms with E-state index in [2.05, 4.69) is 34.8 Å². The van der Waals surface area contributed by atoms with Gasteiger partial charge in [0.25, 0.3) is 0 Å². The lowest BCUT2D eigenvalue weighted by Crippen LogP contribution is -2.38. The molecule has 1 saturated heterocycles. The normalized spacial score (nSPS) is 17.2. The number of aromatic nitrogens is 4. The SMILES string of the molecule is CC(C)n1cnc2c(Nc3cc(N)cc(Cl)c3)nc(N[C@@H]3CCCNC3)nc21. The molecule has 1 aliphatic rings. The largest absolute Gasteiger partial charge is 0.399 e. The molecule has 0 radical (unpaired) electrons. The van der Waals surface area contributed by atoms with Gasteiger partial charge in [-0.25, -0.2) is 4.98 Å². The van der Waals surface area contributed by atoms with E-state index < -0.39 is 0 Å². The maximum atomic E-state index is 6.15. The fraction of sp³-hybridized carbons (Fsp3) is 0.421. The number of imidazole rings is 1. The minimum atomic E-state index is 0.235. The first-order chi connectivity index (χ1) is 13.5. The Morgan fingerprint density at radius 2 is 2.14 bits per heavy atom. The van der Waals surface area contributed by atoms with Gasteiger partial charge in [-0.15, -0.1) is 0 Å². The predicted octanol–water partition coefficient (Wildman–Crippen LogP) is 3.55. The lowest BCUT2D eigenvalue weighted by molar-refractivity contribution is 0.478. The van der Waals surface area contributed by atoms with E-state index in [0.29, 0.717) is 34.0 Å². The Hall–Kier alpha value is -2.58. The van der Waals surface area contributed by atoms with Crippen LogP contribution < -0.4 is 21.7 Å². The third-order valence-corrected chi connectivity index (χ3v) is 5.01. The van der Waals surface area contributed by atoms with E-state index in [9.17, 15) is 0 Å². The van der Waals surface area contributed by atoms with Crippen LogP contribution in [0.1, 0.15) is 32.7 Å². The van der Waals surface area contributed by atoms with Gasteiger partial charge in [-0.1, -0.05) is 11.6 Å². The highest BCUT2D eigenvalue weighted by Crippen LogP contribution is 2.28. The maximum Gasteiger partial charge on any atom is 0.227 e. The molecule has 1 aliphatic heterocycles. The van der Waals surface area contributed by atoms with Crippen molar-refractivity contribution in [2.24, 2.45) is 0 Å². The fourth-order valence-electron chi connectivity index (χ4n) is 3.42. The summed E-state index contributed by atoms with van der Waals surface area (Å²) in [6.45, 7) is 6.16. The van der Waals surface area contributed by atoms with E-state index in [4.69, 9.17) is 27.3 Å². The molecule has 3 heterocycles. The summed E-state index contributed by atoms with van der Waals surface area (Å²) < 4.78 is 2.04. The lowest BCUT2D eigenvalue weighted by atomic mass is 10.1. The summed E-state index contributed by atoms with van der Waals surface area (Å²) in [6.07, 6.45) is 4.02. The van der Waals surface area contributed by atoms with Crippen LogP contribution in [0.25, 0.3) is 11.2 Å². The number of piperidine rings is 1. The number of nitrogens with two attached hydrogens (primary N) is 1. The maximum absolute atomic E-state index is 6.15. The quantitative estimate of drug-likeness (QED) is 0.485. The molecule has 5 N–H and O–H groups in total. The van der Waals surface area contributed by atoms with Crippen molar-refractivity contribution in [1.29, 1.82) is 0 Å². The van der Waals surface area contributed by atoms with E-state index in [-0.39, 0.29) is 6.04 Å². The minimum absolute atomic E-state index is 0.235. The number of benzene rings is 1. The van der Waals surface area contributed by atoms with Crippen LogP contribution in [0.3, 0.4) is 0 Å². The Kier molecular flexibility index (Phi) is 5.23. The topological polar surface area (TPSA) is 106 Å². The number of anilines is 4. The highest BCUT2D eigenvalue weighted by molar-refractivity contribution is 6.31. The van der Waals surface area contributed by atoms with Crippen LogP contribution in [0, 0.1) is 0 Å². The van der Waals surface area contributed by atoms with Crippen LogP contribution in [0.2, 0.25) is 5.02 Å². The number of fused-ring (bicyclic) bond motifs is 1. The molecule has 0 bridgehead atoms. The molecule has 1 fully saturated rings. The molecule has 0 amide bonds. The smallest absolute Gasteiger partial charge is 0.227 e. The summed E-state index contributed by atoms with van der Waals surface area (Å²) in [4.78, 5) is 14.0. The summed E-state index contributed by atoms with van der Waals surface area (Å²) in [7, 11) is 0. The lowest BCUT2D eigenvalue weighted by Gasteiger charge is -2.24. The molecule has 1 atom stereocenters. The van der Waals surface area contributed by atoms with E-state index in [1.165, 1.54) is 0 Å². The van der Waals surface area contributed by atoms with Crippen molar-refractivity contribution in [3.05, 3.63) is 29.5 Å². The van der Waals surface area contributed by atoms with Gasteiger partial charge in [-0.05, 0) is 51.4 Å². The zero-order chi connectivity index (χ0) is 19.7. The molecular weight excluding hydrogens is 376 g/mol. The third kappa shape index (κ3) is 3.98. The van der Waals surface area contributed by atoms with E-state index in [1.54, 1.807) is 12.4 Å². The Labute approximate surface area is 168 Å². The number of nitrogen functional groups attached to an aromatic ring is 1. The van der Waals surface area contributed by atoms with Crippen molar-refractivity contribution in [2.75, 3.05) is 29.5 Å². The Morgan fingerprint density at radius 1 is 1.29 bits per heavy atom. The summed E-state index contributed by atoms with van der Waals surface area (Å²) in [5.41, 5.74) is 8.76. The second kappa shape index (κ2) is 7.81. The molecule has 148 valence electrons. The highest BCUT2D eigenvalue weighted by atomic mass is 35.5. The van der Waals surface area contributed by atoms with Crippen LogP contribution in [0.15, 0.2) is 24.5 Å². The van der Waals surface area contributed by atoms with Crippen LogP contribution in [0.5, 0.6) is 0 Å². The zero-order valence-corrected chi connectivity index (χ0v) is 16.8. The summed E-state index contributed by atoms with van der Waals surface area (Å²) in [5.74, 6) is 1.21. The molecular formula is C19H25ClN8. The van der Waals surface area contributed by atoms with Crippen LogP contribution in [-0.4, -0.2) is 38.7 Å². The number of rotatable bonds is 5. The molecule has 0 unspecified atom stereocenters. The Balaban J connectivity index is 1.74. The molecule has 0 spiro atoms. The minimum Gasteiger partial charge on any atom is -0.399 e. The molecule has 0 aliphatic carbocycles. The second-order valence-corrected chi connectivity index (χ2v) is 7.84. The first-order valence-corrected chi connectivity index (χ1v) is 9.92. The summed E-state index contributed by atoms with van der Waals surface area (Å²) >= 11 is 6.15. The molecule has 9 heteroatoms. The Morgan fingerprint density at radius 3 is 2.86 bits per heavy atom. The fourth-order valence-corrected chi connectivity index (χ4v) is 3.67. The van der Waals surface area contributed by atoms with Crippen LogP contribution in [0.4, 0.5) is 23.1 Å². The van der Waals surface area contributed by atoms with Crippen LogP contribution in [-0.2, 0) is 0 Å². The molecule has 3 aromatic rings. The van der Waals surface area contributed by atoms with Gasteiger partial charge in [0.15, 0.2) is 17.0 Å². The number of nitrogens with zero attached hydrogens (tertiary/aromatic N) is 4. The number of halogens is 1. The second-order valence-electron chi connectivity index (χ2n) is 7.40. The first kappa shape index (κ1) is 18.8.